The van der Waals surface area contributed by atoms with E-state index in [-0.39, 0.29) is 22.2 Å². The van der Waals surface area contributed by atoms with Crippen molar-refractivity contribution in [3.63, 3.8) is 0 Å². The van der Waals surface area contributed by atoms with Gasteiger partial charge in [-0.25, -0.2) is 9.37 Å². The fourth-order valence-corrected chi connectivity index (χ4v) is 4.04. The van der Waals surface area contributed by atoms with Crippen LogP contribution in [0.4, 0.5) is 10.1 Å². The zero-order valence-corrected chi connectivity index (χ0v) is 15.5. The lowest BCUT2D eigenvalue weighted by atomic mass is 10.3. The first-order valence-electron chi connectivity index (χ1n) is 7.35. The molecule has 25 heavy (non-hydrogen) atoms. The van der Waals surface area contributed by atoms with Crippen molar-refractivity contribution in [1.29, 1.82) is 0 Å². The van der Waals surface area contributed by atoms with Crippen LogP contribution in [0.5, 0.6) is 0 Å². The zero-order chi connectivity index (χ0) is 18.0. The Bertz CT molecular complexity index is 1000. The SMILES string of the molecule is CCn1c(SCC(=O)Nc2ccc(F)c(Cl)c2)nc2ccsc2c1=O. The van der Waals surface area contributed by atoms with Crippen LogP contribution < -0.4 is 10.9 Å². The van der Waals surface area contributed by atoms with Gasteiger partial charge in [0, 0.05) is 12.2 Å². The normalized spacial score (nSPS) is 11.0. The van der Waals surface area contributed by atoms with Crippen molar-refractivity contribution in [2.75, 3.05) is 11.1 Å². The number of thioether (sulfide) groups is 1. The lowest BCUT2D eigenvalue weighted by Crippen LogP contribution is -2.22. The Labute approximate surface area is 155 Å². The molecule has 3 rings (SSSR count). The Morgan fingerprint density at radius 3 is 2.96 bits per heavy atom. The maximum Gasteiger partial charge on any atom is 0.272 e. The van der Waals surface area contributed by atoms with Crippen LogP contribution in [0.3, 0.4) is 0 Å². The maximum absolute atomic E-state index is 13.1. The Morgan fingerprint density at radius 2 is 2.24 bits per heavy atom. The van der Waals surface area contributed by atoms with E-state index in [1.54, 1.807) is 10.6 Å². The van der Waals surface area contributed by atoms with E-state index in [4.69, 9.17) is 11.6 Å². The van der Waals surface area contributed by atoms with Crippen LogP contribution in [0.25, 0.3) is 10.2 Å². The van der Waals surface area contributed by atoms with Crippen molar-refractivity contribution < 1.29 is 9.18 Å². The topological polar surface area (TPSA) is 64.0 Å². The molecular weight excluding hydrogens is 385 g/mol. The summed E-state index contributed by atoms with van der Waals surface area (Å²) in [6, 6.07) is 5.75. The van der Waals surface area contributed by atoms with Crippen molar-refractivity contribution in [1.82, 2.24) is 9.55 Å². The molecule has 1 amide bonds. The van der Waals surface area contributed by atoms with Crippen molar-refractivity contribution in [3.05, 3.63) is 50.8 Å². The zero-order valence-electron chi connectivity index (χ0n) is 13.1. The highest BCUT2D eigenvalue weighted by molar-refractivity contribution is 7.99. The summed E-state index contributed by atoms with van der Waals surface area (Å²) in [4.78, 5) is 29.0. The number of nitrogens with one attached hydrogen (secondary N) is 1. The number of carbonyl (C=O) groups is 1. The largest absolute Gasteiger partial charge is 0.325 e. The third-order valence-electron chi connectivity index (χ3n) is 3.38. The third kappa shape index (κ3) is 3.86. The number of anilines is 1. The highest BCUT2D eigenvalue weighted by Crippen LogP contribution is 2.22. The van der Waals surface area contributed by atoms with Crippen molar-refractivity contribution >= 4 is 56.5 Å². The summed E-state index contributed by atoms with van der Waals surface area (Å²) in [6.07, 6.45) is 0. The summed E-state index contributed by atoms with van der Waals surface area (Å²) >= 11 is 8.22. The molecule has 2 aromatic heterocycles. The average Bonchev–Trinajstić information content (AvgIpc) is 3.05. The first-order chi connectivity index (χ1) is 12.0. The number of thiophene rings is 1. The summed E-state index contributed by atoms with van der Waals surface area (Å²) in [5, 5.41) is 4.89. The molecule has 1 N–H and O–H groups in total. The Hall–Kier alpha value is -1.90. The number of rotatable bonds is 5. The smallest absolute Gasteiger partial charge is 0.272 e. The second-order valence-electron chi connectivity index (χ2n) is 5.04. The lowest BCUT2D eigenvalue weighted by molar-refractivity contribution is -0.113. The average molecular weight is 398 g/mol. The molecule has 0 spiro atoms. The Morgan fingerprint density at radius 1 is 1.44 bits per heavy atom. The molecule has 0 aliphatic rings. The first-order valence-corrected chi connectivity index (χ1v) is 9.59. The van der Waals surface area contributed by atoms with E-state index in [1.807, 2.05) is 12.3 Å². The van der Waals surface area contributed by atoms with Crippen molar-refractivity contribution in [2.24, 2.45) is 0 Å². The van der Waals surface area contributed by atoms with E-state index in [0.29, 0.717) is 27.6 Å². The van der Waals surface area contributed by atoms with Gasteiger partial charge in [0.1, 0.15) is 10.5 Å². The predicted octanol–water partition coefficient (Wildman–Crippen LogP) is 4.00. The van der Waals surface area contributed by atoms with Crippen LogP contribution in [0.1, 0.15) is 6.92 Å². The molecule has 130 valence electrons. The van der Waals surface area contributed by atoms with Crippen LogP contribution in [0.2, 0.25) is 5.02 Å². The van der Waals surface area contributed by atoms with Gasteiger partial charge in [-0.1, -0.05) is 23.4 Å². The Balaban J connectivity index is 1.74. The van der Waals surface area contributed by atoms with Gasteiger partial charge in [-0.3, -0.25) is 14.2 Å². The third-order valence-corrected chi connectivity index (χ3v) is 5.54. The van der Waals surface area contributed by atoms with Gasteiger partial charge >= 0.3 is 0 Å². The highest BCUT2D eigenvalue weighted by Gasteiger charge is 2.13. The molecule has 0 aliphatic carbocycles. The fourth-order valence-electron chi connectivity index (χ4n) is 2.21. The molecule has 0 saturated heterocycles. The number of nitrogens with zero attached hydrogens (tertiary/aromatic N) is 2. The van der Waals surface area contributed by atoms with Crippen molar-refractivity contribution in [2.45, 2.75) is 18.6 Å². The minimum atomic E-state index is -0.547. The molecule has 0 unspecified atom stereocenters. The van der Waals surface area contributed by atoms with Gasteiger partial charge in [0.15, 0.2) is 5.16 Å². The van der Waals surface area contributed by atoms with Crippen molar-refractivity contribution in [3.8, 4) is 0 Å². The van der Waals surface area contributed by atoms with Gasteiger partial charge in [-0.2, -0.15) is 0 Å². The minimum Gasteiger partial charge on any atom is -0.325 e. The molecule has 0 bridgehead atoms. The minimum absolute atomic E-state index is 0.0603. The van der Waals surface area contributed by atoms with E-state index in [1.165, 1.54) is 41.3 Å². The van der Waals surface area contributed by atoms with E-state index < -0.39 is 5.82 Å². The number of carbonyl (C=O) groups excluding carboxylic acids is 1. The van der Waals surface area contributed by atoms with Gasteiger partial charge < -0.3 is 5.32 Å². The summed E-state index contributed by atoms with van der Waals surface area (Å²) in [6.45, 7) is 2.32. The molecule has 0 aliphatic heterocycles. The quantitative estimate of drug-likeness (QED) is 0.522. The van der Waals surface area contributed by atoms with E-state index >= 15 is 0 Å². The number of aromatic nitrogens is 2. The summed E-state index contributed by atoms with van der Waals surface area (Å²) in [7, 11) is 0. The molecule has 0 saturated carbocycles. The molecule has 2 heterocycles. The van der Waals surface area contributed by atoms with Crippen LogP contribution in [-0.4, -0.2) is 21.2 Å². The Kier molecular flexibility index (Phi) is 5.41. The van der Waals surface area contributed by atoms with Crippen LogP contribution in [0.15, 0.2) is 39.6 Å². The van der Waals surface area contributed by atoms with E-state index in [2.05, 4.69) is 10.3 Å². The van der Waals surface area contributed by atoms with Gasteiger partial charge in [0.25, 0.3) is 5.56 Å². The fraction of sp³-hybridized carbons (Fsp3) is 0.188. The predicted molar refractivity (Wildman–Crippen MR) is 100 cm³/mol. The molecular formula is C16H13ClFN3O2S2. The van der Waals surface area contributed by atoms with Gasteiger partial charge in [0.2, 0.25) is 5.91 Å². The number of fused-ring (bicyclic) bond motifs is 1. The van der Waals surface area contributed by atoms with Gasteiger partial charge in [-0.15, -0.1) is 11.3 Å². The number of amides is 1. The molecule has 0 atom stereocenters. The van der Waals surface area contributed by atoms with Gasteiger partial charge in [-0.05, 0) is 36.6 Å². The van der Waals surface area contributed by atoms with E-state index in [0.717, 1.165) is 0 Å². The lowest BCUT2D eigenvalue weighted by Gasteiger charge is -2.10. The van der Waals surface area contributed by atoms with Crippen LogP contribution in [-0.2, 0) is 11.3 Å². The first kappa shape index (κ1) is 17.9. The molecule has 5 nitrogen and oxygen atoms in total. The molecule has 0 fully saturated rings. The molecule has 0 radical (unpaired) electrons. The number of benzene rings is 1. The summed E-state index contributed by atoms with van der Waals surface area (Å²) in [5.74, 6) is -0.777. The maximum atomic E-state index is 13.1. The highest BCUT2D eigenvalue weighted by atomic mass is 35.5. The van der Waals surface area contributed by atoms with E-state index in [9.17, 15) is 14.0 Å². The number of hydrogen-bond donors (Lipinski definition) is 1. The number of halogens is 2. The molecule has 9 heteroatoms. The summed E-state index contributed by atoms with van der Waals surface area (Å²) in [5.41, 5.74) is 0.940. The second-order valence-corrected chi connectivity index (χ2v) is 7.31. The number of hydrogen-bond acceptors (Lipinski definition) is 5. The monoisotopic (exact) mass is 397 g/mol. The van der Waals surface area contributed by atoms with Gasteiger partial charge in [0.05, 0.1) is 16.3 Å². The summed E-state index contributed by atoms with van der Waals surface area (Å²) < 4.78 is 15.3. The van der Waals surface area contributed by atoms with Crippen LogP contribution >= 0.6 is 34.7 Å². The van der Waals surface area contributed by atoms with Crippen LogP contribution in [0, 0.1) is 5.82 Å². The second kappa shape index (κ2) is 7.55. The molecule has 1 aromatic carbocycles. The standard InChI is InChI=1S/C16H13ClFN3O2S2/c1-2-21-15(23)14-12(5-6-24-14)20-16(21)25-8-13(22)19-9-3-4-11(18)10(17)7-9/h3-7H,2,8H2,1H3,(H,19,22). The molecule has 3 aromatic rings.